The van der Waals surface area contributed by atoms with Crippen LogP contribution < -0.4 is 14.8 Å². The lowest BCUT2D eigenvalue weighted by atomic mass is 10.1. The highest BCUT2D eigenvalue weighted by Gasteiger charge is 2.18. The number of para-hydroxylation sites is 2. The number of rotatable bonds is 7. The Morgan fingerprint density at radius 2 is 1.92 bits per heavy atom. The van der Waals surface area contributed by atoms with Crippen LogP contribution in [-0.4, -0.2) is 18.6 Å². The highest BCUT2D eigenvalue weighted by molar-refractivity contribution is 6.31. The molecular formula is C18H18ClF2NO3. The number of carbonyl (C=O) groups is 1. The minimum absolute atomic E-state index is 0.113. The largest absolute Gasteiger partial charge is 0.481 e. The SMILES string of the molecule is CCc1cc(OC(C)C(=O)Nc2ccccc2OC(F)F)ccc1Cl. The van der Waals surface area contributed by atoms with E-state index in [0.29, 0.717) is 10.8 Å². The fraction of sp³-hybridized carbons (Fsp3) is 0.278. The Kier molecular flexibility index (Phi) is 6.58. The summed E-state index contributed by atoms with van der Waals surface area (Å²) in [5.41, 5.74) is 1.05. The fourth-order valence-electron chi connectivity index (χ4n) is 2.16. The highest BCUT2D eigenvalue weighted by Crippen LogP contribution is 2.26. The molecule has 0 bridgehead atoms. The number of carbonyl (C=O) groups excluding carboxylic acids is 1. The van der Waals surface area contributed by atoms with Crippen LogP contribution in [0.25, 0.3) is 0 Å². The lowest BCUT2D eigenvalue weighted by Gasteiger charge is -2.17. The second kappa shape index (κ2) is 8.67. The number of nitrogens with one attached hydrogen (secondary N) is 1. The lowest BCUT2D eigenvalue weighted by Crippen LogP contribution is -2.30. The molecule has 1 amide bonds. The van der Waals surface area contributed by atoms with E-state index in [1.165, 1.54) is 18.2 Å². The molecular weight excluding hydrogens is 352 g/mol. The van der Waals surface area contributed by atoms with Gasteiger partial charge in [0, 0.05) is 5.02 Å². The van der Waals surface area contributed by atoms with Gasteiger partial charge in [-0.1, -0.05) is 30.7 Å². The molecule has 7 heteroatoms. The predicted molar refractivity (Wildman–Crippen MR) is 92.6 cm³/mol. The Morgan fingerprint density at radius 1 is 1.20 bits per heavy atom. The van der Waals surface area contributed by atoms with Crippen molar-refractivity contribution in [1.29, 1.82) is 0 Å². The van der Waals surface area contributed by atoms with Crippen LogP contribution >= 0.6 is 11.6 Å². The summed E-state index contributed by atoms with van der Waals surface area (Å²) in [6.45, 7) is 0.543. The summed E-state index contributed by atoms with van der Waals surface area (Å²) in [5, 5.41) is 3.16. The van der Waals surface area contributed by atoms with Crippen LogP contribution in [-0.2, 0) is 11.2 Å². The molecule has 4 nitrogen and oxygen atoms in total. The molecule has 0 saturated carbocycles. The van der Waals surface area contributed by atoms with Gasteiger partial charge >= 0.3 is 6.61 Å². The van der Waals surface area contributed by atoms with Gasteiger partial charge in [-0.25, -0.2) is 0 Å². The van der Waals surface area contributed by atoms with E-state index in [9.17, 15) is 13.6 Å². The van der Waals surface area contributed by atoms with Crippen molar-refractivity contribution in [2.45, 2.75) is 33.0 Å². The summed E-state index contributed by atoms with van der Waals surface area (Å²) in [4.78, 5) is 12.3. The van der Waals surface area contributed by atoms with E-state index in [2.05, 4.69) is 10.1 Å². The van der Waals surface area contributed by atoms with E-state index in [-0.39, 0.29) is 11.4 Å². The Hall–Kier alpha value is -2.34. The number of anilines is 1. The third kappa shape index (κ3) is 5.32. The van der Waals surface area contributed by atoms with E-state index in [1.807, 2.05) is 6.92 Å². The molecule has 0 aliphatic rings. The monoisotopic (exact) mass is 369 g/mol. The number of hydrogen-bond donors (Lipinski definition) is 1. The first-order chi connectivity index (χ1) is 11.9. The van der Waals surface area contributed by atoms with Crippen molar-refractivity contribution in [3.05, 3.63) is 53.1 Å². The van der Waals surface area contributed by atoms with E-state index in [0.717, 1.165) is 12.0 Å². The maximum absolute atomic E-state index is 12.4. The number of halogens is 3. The summed E-state index contributed by atoms with van der Waals surface area (Å²) in [7, 11) is 0. The van der Waals surface area contributed by atoms with Crippen molar-refractivity contribution in [2.24, 2.45) is 0 Å². The lowest BCUT2D eigenvalue weighted by molar-refractivity contribution is -0.122. The summed E-state index contributed by atoms with van der Waals surface area (Å²) in [6, 6.07) is 11.1. The molecule has 2 aromatic carbocycles. The fourth-order valence-corrected chi connectivity index (χ4v) is 2.41. The molecule has 0 spiro atoms. The molecule has 1 N–H and O–H groups in total. The maximum atomic E-state index is 12.4. The summed E-state index contributed by atoms with van der Waals surface area (Å²) in [5.74, 6) is -0.0999. The van der Waals surface area contributed by atoms with E-state index in [1.54, 1.807) is 31.2 Å². The van der Waals surface area contributed by atoms with E-state index >= 15 is 0 Å². The first-order valence-electron chi connectivity index (χ1n) is 7.70. The molecule has 0 heterocycles. The molecule has 1 atom stereocenters. The molecule has 0 fully saturated rings. The van der Waals surface area contributed by atoms with E-state index in [4.69, 9.17) is 16.3 Å². The molecule has 1 unspecified atom stereocenters. The van der Waals surface area contributed by atoms with Gasteiger partial charge in [0.2, 0.25) is 0 Å². The number of benzene rings is 2. The summed E-state index contributed by atoms with van der Waals surface area (Å²) < 4.78 is 34.8. The zero-order valence-corrected chi connectivity index (χ0v) is 14.5. The van der Waals surface area contributed by atoms with Crippen molar-refractivity contribution in [3.63, 3.8) is 0 Å². The number of ether oxygens (including phenoxy) is 2. The van der Waals surface area contributed by atoms with Gasteiger partial charge in [-0.3, -0.25) is 4.79 Å². The van der Waals surface area contributed by atoms with Crippen LogP contribution in [0, 0.1) is 0 Å². The Balaban J connectivity index is 2.06. The van der Waals surface area contributed by atoms with Crippen molar-refractivity contribution >= 4 is 23.2 Å². The summed E-state index contributed by atoms with van der Waals surface area (Å²) >= 11 is 6.05. The predicted octanol–water partition coefficient (Wildman–Crippen LogP) is 4.91. The average Bonchev–Trinajstić information content (AvgIpc) is 2.57. The van der Waals surface area contributed by atoms with Crippen LogP contribution in [0.3, 0.4) is 0 Å². The zero-order valence-electron chi connectivity index (χ0n) is 13.8. The minimum Gasteiger partial charge on any atom is -0.481 e. The molecule has 0 aromatic heterocycles. The minimum atomic E-state index is -2.98. The van der Waals surface area contributed by atoms with Crippen molar-refractivity contribution in [2.75, 3.05) is 5.32 Å². The normalized spacial score (nSPS) is 11.9. The highest BCUT2D eigenvalue weighted by atomic mass is 35.5. The zero-order chi connectivity index (χ0) is 18.4. The Labute approximate surface area is 149 Å². The average molecular weight is 370 g/mol. The second-order valence-electron chi connectivity index (χ2n) is 5.23. The van der Waals surface area contributed by atoms with Gasteiger partial charge in [-0.15, -0.1) is 0 Å². The van der Waals surface area contributed by atoms with Crippen LogP contribution in [0.5, 0.6) is 11.5 Å². The number of alkyl halides is 2. The first-order valence-corrected chi connectivity index (χ1v) is 8.08. The Bertz CT molecular complexity index is 740. The van der Waals surface area contributed by atoms with Gasteiger partial charge in [-0.2, -0.15) is 8.78 Å². The van der Waals surface area contributed by atoms with Crippen molar-refractivity contribution in [3.8, 4) is 11.5 Å². The standard InChI is InChI=1S/C18H18ClF2NO3/c1-3-12-10-13(8-9-14(12)19)24-11(2)17(23)22-15-6-4-5-7-16(15)25-18(20)21/h4-11,18H,3H2,1-2H3,(H,22,23). The first kappa shape index (κ1) is 19.0. The quantitative estimate of drug-likeness (QED) is 0.754. The molecule has 0 aliphatic heterocycles. The van der Waals surface area contributed by atoms with Crippen LogP contribution in [0.15, 0.2) is 42.5 Å². The molecule has 0 radical (unpaired) electrons. The second-order valence-corrected chi connectivity index (χ2v) is 5.64. The Morgan fingerprint density at radius 3 is 2.60 bits per heavy atom. The van der Waals surface area contributed by atoms with Crippen LogP contribution in [0.4, 0.5) is 14.5 Å². The van der Waals surface area contributed by atoms with E-state index < -0.39 is 18.6 Å². The maximum Gasteiger partial charge on any atom is 0.387 e. The van der Waals surface area contributed by atoms with Gasteiger partial charge in [0.1, 0.15) is 11.5 Å². The van der Waals surface area contributed by atoms with Crippen LogP contribution in [0.1, 0.15) is 19.4 Å². The molecule has 0 saturated heterocycles. The topological polar surface area (TPSA) is 47.6 Å². The van der Waals surface area contributed by atoms with Crippen LogP contribution in [0.2, 0.25) is 5.02 Å². The van der Waals surface area contributed by atoms with Gasteiger partial charge in [0.25, 0.3) is 5.91 Å². The van der Waals surface area contributed by atoms with Gasteiger partial charge in [0.15, 0.2) is 6.10 Å². The third-order valence-electron chi connectivity index (χ3n) is 3.44. The molecule has 25 heavy (non-hydrogen) atoms. The van der Waals surface area contributed by atoms with Crippen molar-refractivity contribution < 1.29 is 23.0 Å². The summed E-state index contributed by atoms with van der Waals surface area (Å²) in [6.07, 6.45) is -0.111. The third-order valence-corrected chi connectivity index (χ3v) is 3.81. The number of hydrogen-bond acceptors (Lipinski definition) is 3. The molecule has 134 valence electrons. The van der Waals surface area contributed by atoms with Gasteiger partial charge < -0.3 is 14.8 Å². The van der Waals surface area contributed by atoms with Gasteiger partial charge in [0.05, 0.1) is 5.69 Å². The number of aryl methyl sites for hydroxylation is 1. The smallest absolute Gasteiger partial charge is 0.387 e. The van der Waals surface area contributed by atoms with Crippen molar-refractivity contribution in [1.82, 2.24) is 0 Å². The number of amides is 1. The molecule has 2 rings (SSSR count). The molecule has 0 aliphatic carbocycles. The van der Waals surface area contributed by atoms with Gasteiger partial charge in [-0.05, 0) is 49.2 Å². The molecule has 2 aromatic rings.